The normalized spacial score (nSPS) is 10.6. The zero-order valence-corrected chi connectivity index (χ0v) is 13.8. The van der Waals surface area contributed by atoms with Crippen molar-refractivity contribution in [3.05, 3.63) is 35.2 Å². The highest BCUT2D eigenvalue weighted by Crippen LogP contribution is 2.19. The summed E-state index contributed by atoms with van der Waals surface area (Å²) < 4.78 is 12.5. The third-order valence-electron chi connectivity index (χ3n) is 3.31. The molecule has 0 spiro atoms. The van der Waals surface area contributed by atoms with Crippen molar-refractivity contribution in [3.63, 3.8) is 0 Å². The average molecular weight is 318 g/mol. The second-order valence-electron chi connectivity index (χ2n) is 5.35. The summed E-state index contributed by atoms with van der Waals surface area (Å²) >= 11 is 0. The lowest BCUT2D eigenvalue weighted by molar-refractivity contribution is -0.145. The fourth-order valence-electron chi connectivity index (χ4n) is 2.04. The van der Waals surface area contributed by atoms with E-state index in [1.165, 1.54) is 0 Å². The van der Waals surface area contributed by atoms with Crippen molar-refractivity contribution in [2.75, 3.05) is 6.61 Å². The predicted molar refractivity (Wildman–Crippen MR) is 83.9 cm³/mol. The Morgan fingerprint density at radius 2 is 2.13 bits per heavy atom. The lowest BCUT2D eigenvalue weighted by Gasteiger charge is -2.10. The number of rotatable bonds is 8. The van der Waals surface area contributed by atoms with Gasteiger partial charge in [-0.3, -0.25) is 4.79 Å². The maximum atomic E-state index is 11.8. The first-order chi connectivity index (χ1) is 11.1. The Kier molecular flexibility index (Phi) is 6.08. The molecular weight excluding hydrogens is 296 g/mol. The van der Waals surface area contributed by atoms with Gasteiger partial charge in [0.05, 0.1) is 13.0 Å². The molecule has 0 bridgehead atoms. The number of esters is 1. The number of carbonyl (C=O) groups excluding carboxylic acids is 1. The van der Waals surface area contributed by atoms with Gasteiger partial charge in [-0.05, 0) is 47.9 Å². The molecule has 0 saturated heterocycles. The number of aryl methyl sites for hydroxylation is 3. The van der Waals surface area contributed by atoms with Crippen molar-refractivity contribution >= 4 is 5.97 Å². The summed E-state index contributed by atoms with van der Waals surface area (Å²) in [6.45, 7) is 7.07. The molecule has 23 heavy (non-hydrogen) atoms. The van der Waals surface area contributed by atoms with Crippen molar-refractivity contribution in [2.45, 2.75) is 46.8 Å². The van der Waals surface area contributed by atoms with Crippen molar-refractivity contribution in [2.24, 2.45) is 0 Å². The number of tetrazole rings is 1. The smallest absolute Gasteiger partial charge is 0.309 e. The highest BCUT2D eigenvalue weighted by Gasteiger charge is 2.10. The first kappa shape index (κ1) is 16.9. The molecular formula is C16H22N4O3. The minimum Gasteiger partial charge on any atom is -0.493 e. The van der Waals surface area contributed by atoms with Gasteiger partial charge < -0.3 is 9.47 Å². The predicted octanol–water partition coefficient (Wildman–Crippen LogP) is 2.21. The Morgan fingerprint density at radius 3 is 2.91 bits per heavy atom. The third-order valence-corrected chi connectivity index (χ3v) is 3.31. The molecule has 2 rings (SSSR count). The topological polar surface area (TPSA) is 79.1 Å². The molecule has 0 unspecified atom stereocenters. The lowest BCUT2D eigenvalue weighted by atomic mass is 10.1. The molecule has 0 fully saturated rings. The molecule has 0 atom stereocenters. The van der Waals surface area contributed by atoms with E-state index in [-0.39, 0.29) is 25.6 Å². The van der Waals surface area contributed by atoms with Crippen LogP contribution in [0.2, 0.25) is 0 Å². The first-order valence-electron chi connectivity index (χ1n) is 7.71. The molecule has 0 aliphatic carbocycles. The van der Waals surface area contributed by atoms with Gasteiger partial charge in [0.2, 0.25) is 0 Å². The summed E-state index contributed by atoms with van der Waals surface area (Å²) in [6.07, 6.45) is 1.10. The van der Waals surface area contributed by atoms with Gasteiger partial charge in [0.1, 0.15) is 5.75 Å². The molecule has 0 radical (unpaired) electrons. The molecule has 0 amide bonds. The van der Waals surface area contributed by atoms with Crippen molar-refractivity contribution < 1.29 is 14.3 Å². The molecule has 0 N–H and O–H groups in total. The van der Waals surface area contributed by atoms with E-state index in [4.69, 9.17) is 9.47 Å². The van der Waals surface area contributed by atoms with Crippen LogP contribution in [0.15, 0.2) is 18.2 Å². The number of carbonyl (C=O) groups is 1. The van der Waals surface area contributed by atoms with Crippen LogP contribution in [0.25, 0.3) is 0 Å². The van der Waals surface area contributed by atoms with Crippen LogP contribution >= 0.6 is 0 Å². The maximum Gasteiger partial charge on any atom is 0.309 e. The van der Waals surface area contributed by atoms with Gasteiger partial charge in [0, 0.05) is 6.54 Å². The van der Waals surface area contributed by atoms with Crippen molar-refractivity contribution in [3.8, 4) is 5.75 Å². The van der Waals surface area contributed by atoms with E-state index in [0.29, 0.717) is 12.4 Å². The van der Waals surface area contributed by atoms with Gasteiger partial charge in [-0.1, -0.05) is 19.1 Å². The van der Waals surface area contributed by atoms with Crippen molar-refractivity contribution in [1.82, 2.24) is 20.2 Å². The van der Waals surface area contributed by atoms with Crippen LogP contribution in [-0.2, 0) is 22.7 Å². The molecule has 0 aliphatic heterocycles. The van der Waals surface area contributed by atoms with E-state index < -0.39 is 0 Å². The quantitative estimate of drug-likeness (QED) is 0.694. The van der Waals surface area contributed by atoms with E-state index >= 15 is 0 Å². The summed E-state index contributed by atoms with van der Waals surface area (Å²) in [4.78, 5) is 11.8. The monoisotopic (exact) mass is 318 g/mol. The Bertz CT molecular complexity index is 655. The van der Waals surface area contributed by atoms with Crippen LogP contribution in [0.3, 0.4) is 0 Å². The molecule has 1 aromatic carbocycles. The van der Waals surface area contributed by atoms with Gasteiger partial charge in [0.25, 0.3) is 0 Å². The third kappa shape index (κ3) is 5.05. The summed E-state index contributed by atoms with van der Waals surface area (Å²) in [5.74, 6) is 1.02. The summed E-state index contributed by atoms with van der Waals surface area (Å²) in [7, 11) is 0. The fraction of sp³-hybridized carbons (Fsp3) is 0.500. The summed E-state index contributed by atoms with van der Waals surface area (Å²) in [5.41, 5.74) is 2.17. The lowest BCUT2D eigenvalue weighted by Crippen LogP contribution is -2.13. The highest BCUT2D eigenvalue weighted by atomic mass is 16.5. The van der Waals surface area contributed by atoms with Crippen molar-refractivity contribution in [1.29, 1.82) is 0 Å². The largest absolute Gasteiger partial charge is 0.493 e. The summed E-state index contributed by atoms with van der Waals surface area (Å²) in [6, 6.07) is 5.98. The highest BCUT2D eigenvalue weighted by molar-refractivity contribution is 5.69. The number of hydrogen-bond donors (Lipinski definition) is 0. The molecule has 7 heteroatoms. The van der Waals surface area contributed by atoms with Crippen LogP contribution in [0, 0.1) is 13.8 Å². The Morgan fingerprint density at radius 1 is 1.30 bits per heavy atom. The number of ether oxygens (including phenoxy) is 2. The Balaban J connectivity index is 1.75. The minimum atomic E-state index is -0.332. The molecule has 0 saturated carbocycles. The molecule has 124 valence electrons. The molecule has 2 aromatic rings. The molecule has 1 aromatic heterocycles. The van der Waals surface area contributed by atoms with Crippen LogP contribution in [0.1, 0.15) is 36.7 Å². The van der Waals surface area contributed by atoms with Crippen LogP contribution in [0.5, 0.6) is 5.75 Å². The van der Waals surface area contributed by atoms with E-state index in [9.17, 15) is 4.79 Å². The zero-order valence-electron chi connectivity index (χ0n) is 13.8. The number of nitrogens with zero attached hydrogens (tertiary/aromatic N) is 4. The minimum absolute atomic E-state index is 0.0787. The number of hydrogen-bond acceptors (Lipinski definition) is 6. The van der Waals surface area contributed by atoms with E-state index in [2.05, 4.69) is 15.5 Å². The first-order valence-corrected chi connectivity index (χ1v) is 7.71. The van der Waals surface area contributed by atoms with E-state index in [1.807, 2.05) is 39.0 Å². The maximum absolute atomic E-state index is 11.8. The van der Waals surface area contributed by atoms with Crippen LogP contribution in [-0.4, -0.2) is 32.8 Å². The number of benzene rings is 1. The van der Waals surface area contributed by atoms with Gasteiger partial charge >= 0.3 is 5.97 Å². The van der Waals surface area contributed by atoms with Crippen LogP contribution in [0.4, 0.5) is 0 Å². The SMILES string of the molecule is CCCn1nnnc1COC(=O)CCOc1cc(C)ccc1C. The summed E-state index contributed by atoms with van der Waals surface area (Å²) in [5, 5.41) is 11.3. The Labute approximate surface area is 135 Å². The fourth-order valence-corrected chi connectivity index (χ4v) is 2.04. The van der Waals surface area contributed by atoms with Crippen LogP contribution < -0.4 is 4.74 Å². The Hall–Kier alpha value is -2.44. The molecule has 7 nitrogen and oxygen atoms in total. The standard InChI is InChI=1S/C16H22N4O3/c1-4-8-20-15(17-18-19-20)11-23-16(21)7-9-22-14-10-12(2)5-6-13(14)3/h5-6,10H,4,7-9,11H2,1-3H3. The molecule has 1 heterocycles. The van der Waals surface area contributed by atoms with Gasteiger partial charge in [-0.25, -0.2) is 4.68 Å². The van der Waals surface area contributed by atoms with E-state index in [0.717, 1.165) is 23.3 Å². The average Bonchev–Trinajstić information content (AvgIpc) is 2.96. The molecule has 0 aliphatic rings. The van der Waals surface area contributed by atoms with Gasteiger partial charge in [-0.15, -0.1) is 5.10 Å². The zero-order chi connectivity index (χ0) is 16.7. The number of aromatic nitrogens is 4. The second-order valence-corrected chi connectivity index (χ2v) is 5.35. The second kappa shape index (κ2) is 8.26. The van der Waals surface area contributed by atoms with Gasteiger partial charge in [-0.2, -0.15) is 0 Å². The van der Waals surface area contributed by atoms with E-state index in [1.54, 1.807) is 4.68 Å². The van der Waals surface area contributed by atoms with Gasteiger partial charge in [0.15, 0.2) is 12.4 Å².